The minimum absolute atomic E-state index is 0.0392. The van der Waals surface area contributed by atoms with E-state index in [0.29, 0.717) is 29.2 Å². The van der Waals surface area contributed by atoms with Crippen LogP contribution >= 0.6 is 0 Å². The standard InChI is InChI=1S/C20H16N2O4/c23-15-3-2-14-18-12(9-22-14)5-6-21-20(24)13(19(15)18)7-11-1-4-16-17(8-11)26-10-25-16/h1-4,7-9,22-23H,5-6,10H2,(H,21,24)/p+1/b13-7-. The molecule has 6 heteroatoms. The Balaban J connectivity index is 1.76. The molecule has 6 nitrogen and oxygen atoms in total. The van der Waals surface area contributed by atoms with Gasteiger partial charge in [0.05, 0.1) is 5.57 Å². The molecule has 4 N–H and O–H groups in total. The fourth-order valence-electron chi connectivity index (χ4n) is 3.59. The molecule has 3 heterocycles. The lowest BCUT2D eigenvalue weighted by atomic mass is 9.94. The molecule has 0 saturated heterocycles. The minimum Gasteiger partial charge on any atom is -0.507 e. The zero-order valence-electron chi connectivity index (χ0n) is 13.9. The van der Waals surface area contributed by atoms with Crippen LogP contribution in [-0.2, 0) is 6.42 Å². The van der Waals surface area contributed by atoms with Crippen molar-refractivity contribution in [2.24, 2.45) is 0 Å². The van der Waals surface area contributed by atoms with Gasteiger partial charge in [-0.15, -0.1) is 0 Å². The van der Waals surface area contributed by atoms with Crippen molar-refractivity contribution in [3.63, 3.8) is 0 Å². The number of aliphatic hydroxyl groups excluding tert-OH is 1. The van der Waals surface area contributed by atoms with Gasteiger partial charge in [-0.1, -0.05) is 6.07 Å². The van der Waals surface area contributed by atoms with E-state index in [-0.39, 0.29) is 18.4 Å². The largest absolute Gasteiger partial charge is 0.507 e. The van der Waals surface area contributed by atoms with Crippen molar-refractivity contribution in [2.75, 3.05) is 13.3 Å². The summed E-state index contributed by atoms with van der Waals surface area (Å²) in [6.07, 6.45) is 4.54. The van der Waals surface area contributed by atoms with Crippen LogP contribution in [0, 0.1) is 0 Å². The average molecular weight is 349 g/mol. The third-order valence-corrected chi connectivity index (χ3v) is 4.83. The Labute approximate surface area is 149 Å². The lowest BCUT2D eigenvalue weighted by molar-refractivity contribution is -0.463. The number of aromatic nitrogens is 1. The molecule has 0 aliphatic carbocycles. The van der Waals surface area contributed by atoms with E-state index in [1.54, 1.807) is 6.07 Å². The van der Waals surface area contributed by atoms with Crippen LogP contribution in [0.15, 0.2) is 36.5 Å². The second-order valence-electron chi connectivity index (χ2n) is 6.39. The zero-order chi connectivity index (χ0) is 17.7. The first kappa shape index (κ1) is 14.9. The van der Waals surface area contributed by atoms with Crippen LogP contribution < -0.4 is 14.5 Å². The van der Waals surface area contributed by atoms with Gasteiger partial charge in [0.15, 0.2) is 11.5 Å². The van der Waals surface area contributed by atoms with Gasteiger partial charge in [0.1, 0.15) is 12.3 Å². The predicted molar refractivity (Wildman–Crippen MR) is 97.6 cm³/mol. The maximum absolute atomic E-state index is 10.6. The van der Waals surface area contributed by atoms with Crippen molar-refractivity contribution < 1.29 is 24.7 Å². The number of aromatic hydroxyl groups is 1. The maximum atomic E-state index is 10.6. The minimum atomic E-state index is 0.0392. The summed E-state index contributed by atoms with van der Waals surface area (Å²) in [6, 6.07) is 9.07. The fraction of sp³-hybridized carbons (Fsp3) is 0.150. The van der Waals surface area contributed by atoms with Crippen molar-refractivity contribution in [1.29, 1.82) is 0 Å². The number of H-pyrrole nitrogens is 1. The van der Waals surface area contributed by atoms with Crippen LogP contribution in [0.25, 0.3) is 22.6 Å². The number of fused-ring (bicyclic) bond motifs is 1. The lowest BCUT2D eigenvalue weighted by Gasteiger charge is -2.12. The summed E-state index contributed by atoms with van der Waals surface area (Å²) in [5.41, 5.74) is 4.02. The van der Waals surface area contributed by atoms with Crippen molar-refractivity contribution in [1.82, 2.24) is 4.98 Å². The van der Waals surface area contributed by atoms with E-state index >= 15 is 0 Å². The van der Waals surface area contributed by atoms with Gasteiger partial charge in [0.25, 0.3) is 0 Å². The van der Waals surface area contributed by atoms with Crippen molar-refractivity contribution in [3.8, 4) is 17.2 Å². The quantitative estimate of drug-likeness (QED) is 0.539. The Morgan fingerprint density at radius 3 is 2.88 bits per heavy atom. The number of phenols is 1. The molecule has 3 aromatic rings. The van der Waals surface area contributed by atoms with Gasteiger partial charge in [-0.25, -0.2) is 4.99 Å². The highest BCUT2D eigenvalue weighted by Crippen LogP contribution is 2.38. The maximum Gasteiger partial charge on any atom is 0.366 e. The molecule has 130 valence electrons. The second kappa shape index (κ2) is 5.56. The van der Waals surface area contributed by atoms with E-state index in [9.17, 15) is 10.2 Å². The molecule has 2 aliphatic heterocycles. The Morgan fingerprint density at radius 2 is 1.96 bits per heavy atom. The Morgan fingerprint density at radius 1 is 1.08 bits per heavy atom. The smallest absolute Gasteiger partial charge is 0.366 e. The van der Waals surface area contributed by atoms with Gasteiger partial charge in [0.2, 0.25) is 6.79 Å². The van der Waals surface area contributed by atoms with E-state index < -0.39 is 0 Å². The summed E-state index contributed by atoms with van der Waals surface area (Å²) >= 11 is 0. The van der Waals surface area contributed by atoms with Crippen LogP contribution in [0.5, 0.6) is 17.2 Å². The Kier molecular flexibility index (Phi) is 3.18. The molecule has 2 aromatic carbocycles. The summed E-state index contributed by atoms with van der Waals surface area (Å²) in [6.45, 7) is 0.813. The highest BCUT2D eigenvalue weighted by molar-refractivity contribution is 6.25. The molecule has 0 amide bonds. The molecule has 5 rings (SSSR count). The topological polar surface area (TPSA) is 88.7 Å². The SMILES string of the molecule is OC1=[NH+]CCc2c[nH]c3ccc(O)c(c23)/C1=C/c1ccc2c(c1)OCO2. The highest BCUT2D eigenvalue weighted by Gasteiger charge is 2.25. The predicted octanol–water partition coefficient (Wildman–Crippen LogP) is 1.74. The molecule has 0 unspecified atom stereocenters. The molecular weight excluding hydrogens is 332 g/mol. The number of nitrogens with one attached hydrogen (secondary N) is 2. The lowest BCUT2D eigenvalue weighted by Crippen LogP contribution is -2.74. The molecular formula is C20H17N2O4+. The van der Waals surface area contributed by atoms with Crippen molar-refractivity contribution >= 4 is 28.4 Å². The summed E-state index contributed by atoms with van der Waals surface area (Å²) in [7, 11) is 0. The van der Waals surface area contributed by atoms with Crippen LogP contribution in [-0.4, -0.2) is 34.4 Å². The van der Waals surface area contributed by atoms with Gasteiger partial charge in [-0.05, 0) is 41.5 Å². The Hall–Kier alpha value is -3.41. The molecule has 1 aromatic heterocycles. The normalized spacial score (nSPS) is 17.2. The van der Waals surface area contributed by atoms with Crippen LogP contribution in [0.3, 0.4) is 0 Å². The van der Waals surface area contributed by atoms with Crippen LogP contribution in [0.4, 0.5) is 0 Å². The van der Waals surface area contributed by atoms with Gasteiger partial charge in [-0.2, -0.15) is 0 Å². The third kappa shape index (κ3) is 2.23. The van der Waals surface area contributed by atoms with Gasteiger partial charge >= 0.3 is 5.90 Å². The average Bonchev–Trinajstić information content (AvgIpc) is 3.25. The number of rotatable bonds is 1. The monoisotopic (exact) mass is 349 g/mol. The van der Waals surface area contributed by atoms with E-state index in [1.165, 1.54) is 0 Å². The van der Waals surface area contributed by atoms with E-state index in [2.05, 4.69) is 9.98 Å². The van der Waals surface area contributed by atoms with Crippen molar-refractivity contribution in [3.05, 3.63) is 53.2 Å². The third-order valence-electron chi connectivity index (χ3n) is 4.83. The fourth-order valence-corrected chi connectivity index (χ4v) is 3.59. The van der Waals surface area contributed by atoms with Crippen molar-refractivity contribution in [2.45, 2.75) is 6.42 Å². The summed E-state index contributed by atoms with van der Waals surface area (Å²) in [5, 5.41) is 22.1. The molecule has 0 atom stereocenters. The van der Waals surface area contributed by atoms with Gasteiger partial charge in [0, 0.05) is 29.1 Å². The molecule has 0 radical (unpaired) electrons. The molecule has 2 aliphatic rings. The van der Waals surface area contributed by atoms with Crippen LogP contribution in [0.2, 0.25) is 0 Å². The van der Waals surface area contributed by atoms with E-state index in [1.807, 2.05) is 36.5 Å². The summed E-state index contributed by atoms with van der Waals surface area (Å²) < 4.78 is 10.8. The first-order valence-corrected chi connectivity index (χ1v) is 8.44. The zero-order valence-corrected chi connectivity index (χ0v) is 13.9. The first-order valence-electron chi connectivity index (χ1n) is 8.44. The Bertz CT molecular complexity index is 1090. The molecule has 26 heavy (non-hydrogen) atoms. The number of benzene rings is 2. The number of hydrogen-bond donors (Lipinski definition) is 4. The van der Waals surface area contributed by atoms with E-state index in [0.717, 1.165) is 28.5 Å². The number of ether oxygens (including phenoxy) is 2. The molecule has 0 spiro atoms. The van der Waals surface area contributed by atoms with Gasteiger partial charge in [-0.3, -0.25) is 0 Å². The molecule has 0 fully saturated rings. The first-order chi connectivity index (χ1) is 12.7. The summed E-state index contributed by atoms with van der Waals surface area (Å²) in [5.74, 6) is 1.54. The second-order valence-corrected chi connectivity index (χ2v) is 6.39. The number of aliphatic hydroxyl groups is 1. The molecule has 0 bridgehead atoms. The van der Waals surface area contributed by atoms with Crippen LogP contribution in [0.1, 0.15) is 16.7 Å². The summed E-state index contributed by atoms with van der Waals surface area (Å²) in [4.78, 5) is 6.27. The highest BCUT2D eigenvalue weighted by atomic mass is 16.7. The number of hydrogen-bond acceptors (Lipinski definition) is 3. The van der Waals surface area contributed by atoms with E-state index in [4.69, 9.17) is 9.47 Å². The molecule has 0 saturated carbocycles. The van der Waals surface area contributed by atoms with Gasteiger partial charge < -0.3 is 24.7 Å². The number of phenolic OH excluding ortho intramolecular Hbond substituents is 1. The number of aromatic amines is 1.